The van der Waals surface area contributed by atoms with Crippen molar-refractivity contribution < 1.29 is 22.7 Å². The quantitative estimate of drug-likeness (QED) is 0.406. The van der Waals surface area contributed by atoms with E-state index in [1.807, 2.05) is 12.1 Å². The Kier molecular flexibility index (Phi) is 8.44. The first kappa shape index (κ1) is 26.8. The van der Waals surface area contributed by atoms with Crippen molar-refractivity contribution in [3.63, 3.8) is 0 Å². The lowest BCUT2D eigenvalue weighted by molar-refractivity contribution is -0.118. The SMILES string of the molecule is COc1ccc(C[C@H](NC(=O)c2ccccn2)C(=O)Nc2ccc(S(=O)(=O)NC(C)(C)C)cc2)cc1. The van der Waals surface area contributed by atoms with Crippen LogP contribution in [0.15, 0.2) is 77.8 Å². The van der Waals surface area contributed by atoms with Gasteiger partial charge in [-0.25, -0.2) is 13.1 Å². The smallest absolute Gasteiger partial charge is 0.270 e. The van der Waals surface area contributed by atoms with E-state index < -0.39 is 33.4 Å². The number of aromatic nitrogens is 1. The summed E-state index contributed by atoms with van der Waals surface area (Å²) in [4.78, 5) is 30.0. The lowest BCUT2D eigenvalue weighted by atomic mass is 10.0. The maximum absolute atomic E-state index is 13.2. The number of carbonyl (C=O) groups excluding carboxylic acids is 2. The van der Waals surface area contributed by atoms with Gasteiger partial charge in [-0.1, -0.05) is 18.2 Å². The third kappa shape index (κ3) is 7.62. The molecule has 2 aromatic carbocycles. The molecule has 0 aliphatic heterocycles. The molecule has 1 heterocycles. The largest absolute Gasteiger partial charge is 0.497 e. The van der Waals surface area contributed by atoms with Crippen molar-refractivity contribution in [2.45, 2.75) is 43.7 Å². The molecule has 0 saturated heterocycles. The van der Waals surface area contributed by atoms with Gasteiger partial charge in [-0.2, -0.15) is 0 Å². The number of amides is 2. The number of hydrogen-bond donors (Lipinski definition) is 3. The fourth-order valence-electron chi connectivity index (χ4n) is 3.34. The summed E-state index contributed by atoms with van der Waals surface area (Å²) in [7, 11) is -2.15. The van der Waals surface area contributed by atoms with Crippen molar-refractivity contribution in [1.82, 2.24) is 15.0 Å². The third-order valence-electron chi connectivity index (χ3n) is 4.99. The van der Waals surface area contributed by atoms with Crippen LogP contribution in [-0.4, -0.2) is 43.9 Å². The van der Waals surface area contributed by atoms with Crippen molar-refractivity contribution in [2.75, 3.05) is 12.4 Å². The van der Waals surface area contributed by atoms with Gasteiger partial charge in [0.2, 0.25) is 15.9 Å². The molecule has 0 bridgehead atoms. The van der Waals surface area contributed by atoms with Gasteiger partial charge < -0.3 is 15.4 Å². The van der Waals surface area contributed by atoms with Crippen molar-refractivity contribution in [2.24, 2.45) is 0 Å². The number of nitrogens with one attached hydrogen (secondary N) is 3. The fourth-order valence-corrected chi connectivity index (χ4v) is 4.76. The van der Waals surface area contributed by atoms with E-state index in [9.17, 15) is 18.0 Å². The maximum Gasteiger partial charge on any atom is 0.270 e. The Morgan fingerprint density at radius 1 is 0.972 bits per heavy atom. The summed E-state index contributed by atoms with van der Waals surface area (Å²) < 4.78 is 32.8. The molecule has 190 valence electrons. The fraction of sp³-hybridized carbons (Fsp3) is 0.269. The summed E-state index contributed by atoms with van der Waals surface area (Å²) in [6.07, 6.45) is 1.72. The van der Waals surface area contributed by atoms with Gasteiger partial charge in [0.05, 0.1) is 12.0 Å². The van der Waals surface area contributed by atoms with E-state index in [4.69, 9.17) is 4.74 Å². The average Bonchev–Trinajstić information content (AvgIpc) is 2.83. The van der Waals surface area contributed by atoms with E-state index >= 15 is 0 Å². The molecule has 0 unspecified atom stereocenters. The number of nitrogens with zero attached hydrogens (tertiary/aromatic N) is 1. The maximum atomic E-state index is 13.2. The van der Waals surface area contributed by atoms with Crippen LogP contribution in [0.1, 0.15) is 36.8 Å². The second-order valence-electron chi connectivity index (χ2n) is 9.16. The average molecular weight is 511 g/mol. The molecule has 3 rings (SSSR count). The summed E-state index contributed by atoms with van der Waals surface area (Å²) in [6, 6.07) is 17.0. The van der Waals surface area contributed by atoms with Crippen LogP contribution in [0.4, 0.5) is 5.69 Å². The van der Waals surface area contributed by atoms with Crippen LogP contribution in [0.5, 0.6) is 5.75 Å². The van der Waals surface area contributed by atoms with Crippen molar-refractivity contribution in [3.05, 3.63) is 84.2 Å². The van der Waals surface area contributed by atoms with Gasteiger partial charge in [0.1, 0.15) is 17.5 Å². The minimum Gasteiger partial charge on any atom is -0.497 e. The summed E-state index contributed by atoms with van der Waals surface area (Å²) in [5, 5.41) is 5.50. The van der Waals surface area contributed by atoms with Gasteiger partial charge in [-0.15, -0.1) is 0 Å². The molecule has 10 heteroatoms. The first-order valence-electron chi connectivity index (χ1n) is 11.3. The number of sulfonamides is 1. The predicted molar refractivity (Wildman–Crippen MR) is 137 cm³/mol. The second-order valence-corrected chi connectivity index (χ2v) is 10.8. The minimum absolute atomic E-state index is 0.0775. The van der Waals surface area contributed by atoms with Crippen LogP contribution in [0.2, 0.25) is 0 Å². The summed E-state index contributed by atoms with van der Waals surface area (Å²) >= 11 is 0. The number of benzene rings is 2. The van der Waals surface area contributed by atoms with Crippen molar-refractivity contribution in [3.8, 4) is 5.75 Å². The van der Waals surface area contributed by atoms with Gasteiger partial charge in [0.15, 0.2) is 0 Å². The predicted octanol–water partition coefficient (Wildman–Crippen LogP) is 3.15. The number of pyridine rings is 1. The molecule has 0 radical (unpaired) electrons. The van der Waals surface area contributed by atoms with E-state index in [0.29, 0.717) is 11.4 Å². The molecule has 0 aliphatic rings. The highest BCUT2D eigenvalue weighted by Crippen LogP contribution is 2.18. The molecule has 3 N–H and O–H groups in total. The van der Waals surface area contributed by atoms with Gasteiger partial charge in [0.25, 0.3) is 5.91 Å². The first-order valence-corrected chi connectivity index (χ1v) is 12.7. The number of methoxy groups -OCH3 is 1. The number of ether oxygens (including phenoxy) is 1. The van der Waals surface area contributed by atoms with Gasteiger partial charge >= 0.3 is 0 Å². The molecule has 0 spiro atoms. The normalized spacial score (nSPS) is 12.4. The molecule has 36 heavy (non-hydrogen) atoms. The highest BCUT2D eigenvalue weighted by atomic mass is 32.2. The van der Waals surface area contributed by atoms with Crippen molar-refractivity contribution >= 4 is 27.5 Å². The lowest BCUT2D eigenvalue weighted by Crippen LogP contribution is -2.45. The molecule has 3 aromatic rings. The van der Waals surface area contributed by atoms with E-state index in [1.54, 1.807) is 58.2 Å². The zero-order chi connectivity index (χ0) is 26.3. The summed E-state index contributed by atoms with van der Waals surface area (Å²) in [5.41, 5.74) is 0.756. The van der Waals surface area contributed by atoms with E-state index in [1.165, 1.54) is 30.5 Å². The molecule has 9 nitrogen and oxygen atoms in total. The third-order valence-corrected chi connectivity index (χ3v) is 6.76. The van der Waals surface area contributed by atoms with Crippen molar-refractivity contribution in [1.29, 1.82) is 0 Å². The highest BCUT2D eigenvalue weighted by Gasteiger charge is 2.24. The molecule has 1 aromatic heterocycles. The van der Waals surface area contributed by atoms with Crippen LogP contribution in [0.25, 0.3) is 0 Å². The molecule has 0 saturated carbocycles. The van der Waals surface area contributed by atoms with E-state index in [0.717, 1.165) is 5.56 Å². The molecule has 2 amide bonds. The summed E-state index contributed by atoms with van der Waals surface area (Å²) in [5.74, 6) is -0.272. The van der Waals surface area contributed by atoms with Gasteiger partial charge in [-0.05, 0) is 74.9 Å². The van der Waals surface area contributed by atoms with Crippen LogP contribution in [-0.2, 0) is 21.2 Å². The van der Waals surface area contributed by atoms with Crippen LogP contribution in [0.3, 0.4) is 0 Å². The number of hydrogen-bond acceptors (Lipinski definition) is 6. The minimum atomic E-state index is -3.71. The number of carbonyl (C=O) groups is 2. The van der Waals surface area contributed by atoms with Crippen LogP contribution >= 0.6 is 0 Å². The molecular formula is C26H30N4O5S. The monoisotopic (exact) mass is 510 g/mol. The Balaban J connectivity index is 1.78. The second kappa shape index (κ2) is 11.3. The van der Waals surface area contributed by atoms with E-state index in [2.05, 4.69) is 20.3 Å². The summed E-state index contributed by atoms with van der Waals surface area (Å²) in [6.45, 7) is 5.25. The number of rotatable bonds is 9. The zero-order valence-corrected chi connectivity index (χ0v) is 21.4. The Hall–Kier alpha value is -3.76. The van der Waals surface area contributed by atoms with Gasteiger partial charge in [-0.3, -0.25) is 14.6 Å². The van der Waals surface area contributed by atoms with Crippen LogP contribution < -0.4 is 20.1 Å². The molecule has 0 aliphatic carbocycles. The molecule has 0 fully saturated rings. The first-order chi connectivity index (χ1) is 17.0. The number of anilines is 1. The Morgan fingerprint density at radius 2 is 1.64 bits per heavy atom. The van der Waals surface area contributed by atoms with Crippen LogP contribution in [0, 0.1) is 0 Å². The zero-order valence-electron chi connectivity index (χ0n) is 20.6. The topological polar surface area (TPSA) is 126 Å². The van der Waals surface area contributed by atoms with Gasteiger partial charge in [0, 0.05) is 23.8 Å². The molecular weight excluding hydrogens is 480 g/mol. The highest BCUT2D eigenvalue weighted by molar-refractivity contribution is 7.89. The standard InChI is InChI=1S/C26H30N4O5S/c1-26(2,3)30-36(33,34)21-14-10-19(11-15-21)28-25(32)23(17-18-8-12-20(35-4)13-9-18)29-24(31)22-7-5-6-16-27-22/h5-16,23,30H,17H2,1-4H3,(H,28,32)(H,29,31)/t23-/m0/s1. The molecule has 1 atom stereocenters. The Bertz CT molecular complexity index is 1290. The van der Waals surface area contributed by atoms with E-state index in [-0.39, 0.29) is 17.0 Å². The lowest BCUT2D eigenvalue weighted by Gasteiger charge is -2.21. The Morgan fingerprint density at radius 3 is 2.19 bits per heavy atom. The Labute approximate surface area is 211 Å².